The van der Waals surface area contributed by atoms with Crippen molar-refractivity contribution in [3.05, 3.63) is 55.4 Å². The number of thiophene rings is 1. The fourth-order valence-corrected chi connectivity index (χ4v) is 5.71. The van der Waals surface area contributed by atoms with Gasteiger partial charge in [0.15, 0.2) is 0 Å². The fourth-order valence-electron chi connectivity index (χ4n) is 3.22. The highest BCUT2D eigenvalue weighted by atomic mass is 35.5. The number of amides is 1. The lowest BCUT2D eigenvalue weighted by Crippen LogP contribution is -2.19. The minimum atomic E-state index is -4.20. The van der Waals surface area contributed by atoms with Crippen molar-refractivity contribution >= 4 is 56.6 Å². The topological polar surface area (TPSA) is 148 Å². The second-order valence-corrected chi connectivity index (χ2v) is 10.1. The van der Waals surface area contributed by atoms with Crippen LogP contribution in [-0.2, 0) is 21.4 Å². The van der Waals surface area contributed by atoms with Crippen LogP contribution in [0.1, 0.15) is 37.6 Å². The molecule has 0 radical (unpaired) electrons. The Labute approximate surface area is 198 Å². The highest BCUT2D eigenvalue weighted by Crippen LogP contribution is 2.32. The van der Waals surface area contributed by atoms with Crippen molar-refractivity contribution in [3.63, 3.8) is 0 Å². The standard InChI is InChI=1S/C20H20ClN3O7S2/c1-9-7-10(2)16(11(3)13(9)8-30-20(26)27)22-18(25)17-14(5-6-32-17)33(28,29)24-19-15(21)12(4)23-31-19/h5-7,24H,8H2,1-4H3,(H,22,25)(H,26,27). The maximum Gasteiger partial charge on any atom is 0.506 e. The Morgan fingerprint density at radius 1 is 1.24 bits per heavy atom. The highest BCUT2D eigenvalue weighted by molar-refractivity contribution is 7.93. The summed E-state index contributed by atoms with van der Waals surface area (Å²) in [7, 11) is -4.20. The number of anilines is 2. The predicted octanol–water partition coefficient (Wildman–Crippen LogP) is 4.87. The smallest absolute Gasteiger partial charge is 0.450 e. The summed E-state index contributed by atoms with van der Waals surface area (Å²) >= 11 is 6.93. The zero-order valence-electron chi connectivity index (χ0n) is 18.0. The number of carbonyl (C=O) groups excluding carboxylic acids is 1. The van der Waals surface area contributed by atoms with Gasteiger partial charge in [0.2, 0.25) is 0 Å². The van der Waals surface area contributed by atoms with Crippen LogP contribution in [0.3, 0.4) is 0 Å². The second-order valence-electron chi connectivity index (χ2n) is 7.13. The molecular weight excluding hydrogens is 494 g/mol. The molecule has 0 spiro atoms. The van der Waals surface area contributed by atoms with E-state index >= 15 is 0 Å². The number of carbonyl (C=O) groups is 2. The van der Waals surface area contributed by atoms with E-state index in [0.29, 0.717) is 22.5 Å². The van der Waals surface area contributed by atoms with E-state index in [9.17, 15) is 18.0 Å². The van der Waals surface area contributed by atoms with Crippen molar-refractivity contribution in [1.82, 2.24) is 5.16 Å². The van der Waals surface area contributed by atoms with E-state index in [0.717, 1.165) is 22.5 Å². The number of halogens is 1. The van der Waals surface area contributed by atoms with E-state index in [-0.39, 0.29) is 27.3 Å². The minimum absolute atomic E-state index is 0.0156. The van der Waals surface area contributed by atoms with Crippen molar-refractivity contribution in [1.29, 1.82) is 0 Å². The molecule has 3 N–H and O–H groups in total. The minimum Gasteiger partial charge on any atom is -0.450 e. The first kappa shape index (κ1) is 24.6. The Morgan fingerprint density at radius 2 is 1.94 bits per heavy atom. The first-order valence-corrected chi connectivity index (χ1v) is 12.1. The molecule has 13 heteroatoms. The zero-order valence-corrected chi connectivity index (χ0v) is 20.4. The van der Waals surface area contributed by atoms with E-state index in [1.807, 2.05) is 0 Å². The van der Waals surface area contributed by atoms with Crippen molar-refractivity contribution in [3.8, 4) is 0 Å². The van der Waals surface area contributed by atoms with Crippen LogP contribution in [0.15, 0.2) is 26.9 Å². The first-order chi connectivity index (χ1) is 15.4. The van der Waals surface area contributed by atoms with Crippen LogP contribution in [0, 0.1) is 27.7 Å². The average Bonchev–Trinajstić information content (AvgIpc) is 3.34. The zero-order chi connectivity index (χ0) is 24.5. The molecule has 0 saturated carbocycles. The predicted molar refractivity (Wildman–Crippen MR) is 123 cm³/mol. The summed E-state index contributed by atoms with van der Waals surface area (Å²) in [6, 6.07) is 3.07. The largest absolute Gasteiger partial charge is 0.506 e. The van der Waals surface area contributed by atoms with E-state index in [1.165, 1.54) is 11.4 Å². The molecule has 0 atom stereocenters. The van der Waals surface area contributed by atoms with Crippen LogP contribution in [0.2, 0.25) is 5.02 Å². The number of nitrogens with one attached hydrogen (secondary N) is 2. The molecule has 2 heterocycles. The summed E-state index contributed by atoms with van der Waals surface area (Å²) < 4.78 is 37.5. The molecule has 0 saturated heterocycles. The van der Waals surface area contributed by atoms with E-state index in [4.69, 9.17) is 21.2 Å². The van der Waals surface area contributed by atoms with Crippen LogP contribution in [-0.4, -0.2) is 30.7 Å². The number of carboxylic acid groups (broad SMARTS) is 1. The van der Waals surface area contributed by atoms with Gasteiger partial charge >= 0.3 is 6.16 Å². The van der Waals surface area contributed by atoms with E-state index in [1.54, 1.807) is 33.8 Å². The Morgan fingerprint density at radius 3 is 2.55 bits per heavy atom. The second kappa shape index (κ2) is 9.41. The first-order valence-electron chi connectivity index (χ1n) is 9.41. The van der Waals surface area contributed by atoms with Gasteiger partial charge in [0.05, 0.1) is 0 Å². The van der Waals surface area contributed by atoms with E-state index in [2.05, 4.69) is 19.9 Å². The van der Waals surface area contributed by atoms with Gasteiger partial charge < -0.3 is 19.7 Å². The average molecular weight is 514 g/mol. The summed E-state index contributed by atoms with van der Waals surface area (Å²) in [4.78, 5) is 23.5. The Hall–Kier alpha value is -3.09. The Balaban J connectivity index is 1.91. The summed E-state index contributed by atoms with van der Waals surface area (Å²) in [5.41, 5.74) is 3.49. The Bertz CT molecular complexity index is 1350. The maximum atomic E-state index is 13.1. The monoisotopic (exact) mass is 513 g/mol. The molecule has 2 aromatic heterocycles. The quantitative estimate of drug-likeness (QED) is 0.379. The molecule has 0 aliphatic heterocycles. The number of ether oxygens (including phenoxy) is 1. The van der Waals surface area contributed by atoms with Gasteiger partial charge in [-0.2, -0.15) is 0 Å². The molecule has 3 rings (SSSR count). The van der Waals surface area contributed by atoms with Crippen LogP contribution in [0.5, 0.6) is 0 Å². The number of nitrogens with zero attached hydrogens (tertiary/aromatic N) is 1. The third kappa shape index (κ3) is 5.13. The lowest BCUT2D eigenvalue weighted by atomic mass is 9.97. The number of sulfonamides is 1. The molecule has 33 heavy (non-hydrogen) atoms. The summed E-state index contributed by atoms with van der Waals surface area (Å²) in [5.74, 6) is -0.898. The highest BCUT2D eigenvalue weighted by Gasteiger charge is 2.27. The van der Waals surface area contributed by atoms with Gasteiger partial charge in [-0.3, -0.25) is 4.79 Å². The van der Waals surface area contributed by atoms with Crippen LogP contribution in [0.4, 0.5) is 16.4 Å². The van der Waals surface area contributed by atoms with Crippen LogP contribution in [0.25, 0.3) is 0 Å². The van der Waals surface area contributed by atoms with Crippen molar-refractivity contribution < 1.29 is 32.4 Å². The van der Waals surface area contributed by atoms with Gasteiger partial charge in [-0.25, -0.2) is 17.9 Å². The van der Waals surface area contributed by atoms with Crippen molar-refractivity contribution in [2.75, 3.05) is 10.0 Å². The molecule has 3 aromatic rings. The molecular formula is C20H20ClN3O7S2. The van der Waals surface area contributed by atoms with Crippen LogP contribution < -0.4 is 10.0 Å². The molecule has 0 aliphatic carbocycles. The lowest BCUT2D eigenvalue weighted by molar-refractivity contribution is 0.0850. The van der Waals surface area contributed by atoms with Crippen molar-refractivity contribution in [2.24, 2.45) is 0 Å². The molecule has 0 fully saturated rings. The number of hydrogen-bond donors (Lipinski definition) is 3. The summed E-state index contributed by atoms with van der Waals surface area (Å²) in [5, 5.41) is 16.6. The van der Waals surface area contributed by atoms with E-state index < -0.39 is 22.1 Å². The van der Waals surface area contributed by atoms with Gasteiger partial charge in [0, 0.05) is 5.69 Å². The van der Waals surface area contributed by atoms with Gasteiger partial charge in [-0.15, -0.1) is 11.3 Å². The summed E-state index contributed by atoms with van der Waals surface area (Å²) in [6.45, 7) is 6.67. The van der Waals surface area contributed by atoms with Gasteiger partial charge in [0.1, 0.15) is 27.1 Å². The summed E-state index contributed by atoms with van der Waals surface area (Å²) in [6.07, 6.45) is -1.41. The number of hydrogen-bond acceptors (Lipinski definition) is 8. The number of rotatable bonds is 7. The third-order valence-corrected chi connectivity index (χ3v) is 7.71. The molecule has 1 aromatic carbocycles. The number of aromatic nitrogens is 1. The lowest BCUT2D eigenvalue weighted by Gasteiger charge is -2.18. The SMILES string of the molecule is Cc1cc(C)c(NC(=O)c2sccc2S(=O)(=O)Nc2onc(C)c2Cl)c(C)c1COC(=O)O. The van der Waals surface area contributed by atoms with Crippen molar-refractivity contribution in [2.45, 2.75) is 39.2 Å². The fraction of sp³-hybridized carbons (Fsp3) is 0.250. The molecule has 0 aliphatic rings. The molecule has 0 bridgehead atoms. The third-order valence-electron chi connectivity index (χ3n) is 4.85. The Kier molecular flexibility index (Phi) is 7.00. The molecule has 1 amide bonds. The number of benzene rings is 1. The number of aryl methyl sites for hydroxylation is 3. The molecule has 0 unspecified atom stereocenters. The van der Waals surface area contributed by atoms with Gasteiger partial charge in [-0.1, -0.05) is 22.8 Å². The normalized spacial score (nSPS) is 11.3. The van der Waals surface area contributed by atoms with Gasteiger partial charge in [0.25, 0.3) is 21.8 Å². The van der Waals surface area contributed by atoms with Crippen LogP contribution >= 0.6 is 22.9 Å². The maximum absolute atomic E-state index is 13.1. The molecule has 176 valence electrons. The van der Waals surface area contributed by atoms with Gasteiger partial charge in [-0.05, 0) is 61.4 Å². The molecule has 10 nitrogen and oxygen atoms in total.